The minimum Gasteiger partial charge on any atom is -0.394 e. The molecule has 0 aliphatic carbocycles. The van der Waals surface area contributed by atoms with Gasteiger partial charge in [0.2, 0.25) is 0 Å². The van der Waals surface area contributed by atoms with Gasteiger partial charge in [-0.3, -0.25) is 9.78 Å². The fourth-order valence-electron chi connectivity index (χ4n) is 2.67. The predicted molar refractivity (Wildman–Crippen MR) is 84.1 cm³/mol. The number of aliphatic hydroxyl groups is 1. The van der Waals surface area contributed by atoms with Gasteiger partial charge < -0.3 is 10.8 Å². The van der Waals surface area contributed by atoms with E-state index in [1.54, 1.807) is 29.2 Å². The Kier molecular flexibility index (Phi) is 2.98. The molecule has 4 N–H and O–H groups in total. The summed E-state index contributed by atoms with van der Waals surface area (Å²) in [6.45, 7) is 0.292. The molecule has 0 saturated heterocycles. The van der Waals surface area contributed by atoms with Crippen LogP contribution in [0.25, 0.3) is 33.1 Å². The van der Waals surface area contributed by atoms with E-state index in [0.717, 1.165) is 0 Å². The van der Waals surface area contributed by atoms with E-state index in [0.29, 0.717) is 45.4 Å². The highest BCUT2D eigenvalue weighted by Gasteiger charge is 2.15. The monoisotopic (exact) mass is 312 g/mol. The Morgan fingerprint density at radius 3 is 2.91 bits per heavy atom. The first-order valence-corrected chi connectivity index (χ1v) is 7.04. The van der Waals surface area contributed by atoms with Gasteiger partial charge in [-0.2, -0.15) is 10.2 Å². The lowest BCUT2D eigenvalue weighted by Crippen LogP contribution is -2.01. The number of H-pyrrole nitrogens is 1. The molecule has 0 amide bonds. The van der Waals surface area contributed by atoms with Crippen molar-refractivity contribution in [2.24, 2.45) is 0 Å². The molecule has 0 aliphatic rings. The Balaban J connectivity index is 2.02. The summed E-state index contributed by atoms with van der Waals surface area (Å²) < 4.78 is 16.0. The summed E-state index contributed by atoms with van der Waals surface area (Å²) >= 11 is 0. The summed E-state index contributed by atoms with van der Waals surface area (Å²) in [5.41, 5.74) is 7.95. The van der Waals surface area contributed by atoms with E-state index in [1.807, 2.05) is 0 Å². The molecule has 0 radical (unpaired) electrons. The Morgan fingerprint density at radius 2 is 2.17 bits per heavy atom. The number of nitrogen functional groups attached to an aromatic ring is 1. The third kappa shape index (κ3) is 2.11. The van der Waals surface area contributed by atoms with Gasteiger partial charge in [0.25, 0.3) is 0 Å². The highest BCUT2D eigenvalue weighted by atomic mass is 19.1. The zero-order chi connectivity index (χ0) is 16.0. The van der Waals surface area contributed by atoms with Crippen LogP contribution in [0.5, 0.6) is 0 Å². The summed E-state index contributed by atoms with van der Waals surface area (Å²) in [6.07, 6.45) is 3.33. The molecule has 4 rings (SSSR count). The number of aromatic amines is 1. The second-order valence-electron chi connectivity index (χ2n) is 5.18. The van der Waals surface area contributed by atoms with Crippen molar-refractivity contribution in [3.63, 3.8) is 0 Å². The Labute approximate surface area is 129 Å². The first-order chi connectivity index (χ1) is 11.2. The molecular weight excluding hydrogens is 299 g/mol. The topological polar surface area (TPSA) is 106 Å². The maximum absolute atomic E-state index is 14.5. The van der Waals surface area contributed by atoms with Crippen molar-refractivity contribution in [2.45, 2.75) is 6.54 Å². The minimum atomic E-state index is -0.408. The molecule has 0 spiro atoms. The Morgan fingerprint density at radius 1 is 1.30 bits per heavy atom. The van der Waals surface area contributed by atoms with Gasteiger partial charge in [-0.25, -0.2) is 9.37 Å². The van der Waals surface area contributed by atoms with Gasteiger partial charge in [0, 0.05) is 23.3 Å². The second-order valence-corrected chi connectivity index (χ2v) is 5.18. The van der Waals surface area contributed by atoms with Gasteiger partial charge in [0.1, 0.15) is 17.2 Å². The van der Waals surface area contributed by atoms with E-state index >= 15 is 0 Å². The average Bonchev–Trinajstić information content (AvgIpc) is 3.17. The van der Waals surface area contributed by atoms with Crippen LogP contribution in [0.2, 0.25) is 0 Å². The first-order valence-electron chi connectivity index (χ1n) is 7.04. The van der Waals surface area contributed by atoms with Crippen molar-refractivity contribution in [3.05, 3.63) is 36.4 Å². The van der Waals surface area contributed by atoms with Crippen LogP contribution in [-0.2, 0) is 6.54 Å². The normalized spacial score (nSPS) is 11.6. The summed E-state index contributed by atoms with van der Waals surface area (Å²) in [7, 11) is 0. The van der Waals surface area contributed by atoms with Crippen LogP contribution in [0.3, 0.4) is 0 Å². The van der Waals surface area contributed by atoms with Crippen molar-refractivity contribution in [2.75, 3.05) is 12.3 Å². The maximum atomic E-state index is 14.5. The quantitative estimate of drug-likeness (QED) is 0.534. The summed E-state index contributed by atoms with van der Waals surface area (Å²) in [5, 5.41) is 21.3. The number of nitrogens with zero attached hydrogens (tertiary/aromatic N) is 4. The van der Waals surface area contributed by atoms with Gasteiger partial charge >= 0.3 is 0 Å². The van der Waals surface area contributed by atoms with Gasteiger partial charge in [-0.15, -0.1) is 0 Å². The molecule has 0 aliphatic heterocycles. The van der Waals surface area contributed by atoms with Crippen LogP contribution in [0.15, 0.2) is 30.6 Å². The number of pyridine rings is 1. The number of aliphatic hydroxyl groups excluding tert-OH is 1. The van der Waals surface area contributed by atoms with E-state index in [2.05, 4.69) is 20.3 Å². The zero-order valence-corrected chi connectivity index (χ0v) is 12.0. The third-order valence-corrected chi connectivity index (χ3v) is 3.72. The average molecular weight is 312 g/mol. The number of nitrogens with one attached hydrogen (secondary N) is 1. The third-order valence-electron chi connectivity index (χ3n) is 3.72. The van der Waals surface area contributed by atoms with Gasteiger partial charge in [-0.1, -0.05) is 0 Å². The fourth-order valence-corrected chi connectivity index (χ4v) is 2.67. The number of benzene rings is 1. The number of anilines is 1. The smallest absolute Gasteiger partial charge is 0.135 e. The number of fused-ring (bicyclic) bond motifs is 3. The maximum Gasteiger partial charge on any atom is 0.135 e. The molecule has 116 valence electrons. The SMILES string of the molecule is Nc1nc2cc(-c3cc[nH]n3)c(F)cc2c2nn(CCO)cc12. The van der Waals surface area contributed by atoms with Crippen LogP contribution in [0, 0.1) is 5.82 Å². The van der Waals surface area contributed by atoms with E-state index < -0.39 is 5.82 Å². The lowest BCUT2D eigenvalue weighted by Gasteiger charge is -2.05. The van der Waals surface area contributed by atoms with Crippen molar-refractivity contribution in [3.8, 4) is 11.3 Å². The number of nitrogens with two attached hydrogens (primary N) is 1. The zero-order valence-electron chi connectivity index (χ0n) is 12.0. The van der Waals surface area contributed by atoms with Crippen LogP contribution in [0.1, 0.15) is 0 Å². The lowest BCUT2D eigenvalue weighted by atomic mass is 10.1. The molecule has 0 bridgehead atoms. The van der Waals surface area contributed by atoms with Gasteiger partial charge in [0.05, 0.1) is 29.7 Å². The van der Waals surface area contributed by atoms with E-state index in [-0.39, 0.29) is 6.61 Å². The minimum absolute atomic E-state index is 0.0447. The number of hydrogen-bond acceptors (Lipinski definition) is 5. The molecule has 0 fully saturated rings. The van der Waals surface area contributed by atoms with Gasteiger partial charge in [0.15, 0.2) is 0 Å². The molecule has 0 atom stereocenters. The molecule has 8 heteroatoms. The fraction of sp³-hybridized carbons (Fsp3) is 0.133. The Hall–Kier alpha value is -3.00. The van der Waals surface area contributed by atoms with Gasteiger partial charge in [-0.05, 0) is 18.2 Å². The molecule has 0 unspecified atom stereocenters. The number of aromatic nitrogens is 5. The van der Waals surface area contributed by atoms with Crippen LogP contribution >= 0.6 is 0 Å². The van der Waals surface area contributed by atoms with Crippen LogP contribution < -0.4 is 5.73 Å². The highest BCUT2D eigenvalue weighted by Crippen LogP contribution is 2.31. The summed E-state index contributed by atoms with van der Waals surface area (Å²) in [6, 6.07) is 4.69. The highest BCUT2D eigenvalue weighted by molar-refractivity contribution is 6.08. The molecule has 3 heterocycles. The van der Waals surface area contributed by atoms with E-state index in [1.165, 1.54) is 6.07 Å². The number of halogens is 1. The summed E-state index contributed by atoms with van der Waals surface area (Å²) in [4.78, 5) is 4.35. The number of hydrogen-bond donors (Lipinski definition) is 3. The van der Waals surface area contributed by atoms with Crippen molar-refractivity contribution < 1.29 is 9.50 Å². The first kappa shape index (κ1) is 13.6. The molecule has 0 saturated carbocycles. The lowest BCUT2D eigenvalue weighted by molar-refractivity contribution is 0.270. The molecule has 4 aromatic rings. The standard InChI is InChI=1S/C15H13FN6O/c16-11-5-9-13(6-8(11)12-1-2-18-20-12)19-15(17)10-7-22(3-4-23)21-14(9)10/h1-2,5-7,23H,3-4H2,(H2,17,19)(H,18,20). The van der Waals surface area contributed by atoms with Crippen molar-refractivity contribution in [1.29, 1.82) is 0 Å². The number of rotatable bonds is 3. The van der Waals surface area contributed by atoms with E-state index in [4.69, 9.17) is 10.8 Å². The van der Waals surface area contributed by atoms with Crippen LogP contribution in [-0.4, -0.2) is 36.7 Å². The Bertz CT molecular complexity index is 1010. The van der Waals surface area contributed by atoms with Crippen molar-refractivity contribution >= 4 is 27.6 Å². The molecule has 1 aromatic carbocycles. The predicted octanol–water partition coefficient (Wildman–Crippen LogP) is 1.69. The largest absolute Gasteiger partial charge is 0.394 e. The van der Waals surface area contributed by atoms with Crippen LogP contribution in [0.4, 0.5) is 10.2 Å². The van der Waals surface area contributed by atoms with Crippen molar-refractivity contribution in [1.82, 2.24) is 25.0 Å². The molecule has 23 heavy (non-hydrogen) atoms. The second kappa shape index (κ2) is 5.03. The molecular formula is C15H13FN6O. The van der Waals surface area contributed by atoms with E-state index in [9.17, 15) is 4.39 Å². The molecule has 7 nitrogen and oxygen atoms in total. The molecule has 3 aromatic heterocycles. The summed E-state index contributed by atoms with van der Waals surface area (Å²) in [5.74, 6) is -0.0922.